The summed E-state index contributed by atoms with van der Waals surface area (Å²) >= 11 is 0. The molecule has 0 aliphatic carbocycles. The lowest BCUT2D eigenvalue weighted by molar-refractivity contribution is -0.131. The van der Waals surface area contributed by atoms with E-state index in [4.69, 9.17) is 5.73 Å². The lowest BCUT2D eigenvalue weighted by atomic mass is 10.1. The summed E-state index contributed by atoms with van der Waals surface area (Å²) < 4.78 is 0. The van der Waals surface area contributed by atoms with Crippen LogP contribution < -0.4 is 5.73 Å². The van der Waals surface area contributed by atoms with E-state index in [0.29, 0.717) is 13.0 Å². The van der Waals surface area contributed by atoms with Crippen molar-refractivity contribution in [3.8, 4) is 0 Å². The molecule has 1 aromatic heterocycles. The van der Waals surface area contributed by atoms with Crippen LogP contribution in [0.2, 0.25) is 0 Å². The van der Waals surface area contributed by atoms with E-state index < -0.39 is 6.04 Å². The lowest BCUT2D eigenvalue weighted by Gasteiger charge is -2.21. The van der Waals surface area contributed by atoms with E-state index in [9.17, 15) is 4.79 Å². The zero-order chi connectivity index (χ0) is 15.1. The van der Waals surface area contributed by atoms with Crippen LogP contribution in [0.1, 0.15) is 11.1 Å². The van der Waals surface area contributed by atoms with Gasteiger partial charge in [0.2, 0.25) is 5.91 Å². The maximum Gasteiger partial charge on any atom is 0.239 e. The molecule has 1 aromatic carbocycles. The standard InChI is InChI=1S/C17H21N3O/c1-20(12-9-14-7-10-19-11-8-14)17(21)16(18)13-15-5-3-2-4-6-15/h2-8,10-11,16H,9,12-13,18H2,1H3. The van der Waals surface area contributed by atoms with Crippen molar-refractivity contribution in [3.05, 3.63) is 66.0 Å². The van der Waals surface area contributed by atoms with E-state index in [1.54, 1.807) is 24.3 Å². The molecule has 1 heterocycles. The second-order valence-electron chi connectivity index (χ2n) is 5.16. The summed E-state index contributed by atoms with van der Waals surface area (Å²) in [5.74, 6) is -0.0205. The second kappa shape index (κ2) is 7.55. The van der Waals surface area contributed by atoms with E-state index in [1.165, 1.54) is 5.56 Å². The first-order valence-electron chi connectivity index (χ1n) is 7.10. The number of nitrogens with zero attached hydrogens (tertiary/aromatic N) is 2. The highest BCUT2D eigenvalue weighted by Gasteiger charge is 2.18. The molecule has 0 saturated heterocycles. The third kappa shape index (κ3) is 4.68. The Kier molecular flexibility index (Phi) is 5.46. The Morgan fingerprint density at radius 3 is 2.48 bits per heavy atom. The molecule has 2 aromatic rings. The van der Waals surface area contributed by atoms with E-state index in [-0.39, 0.29) is 5.91 Å². The first-order chi connectivity index (χ1) is 10.2. The van der Waals surface area contributed by atoms with Crippen LogP contribution in [-0.4, -0.2) is 35.4 Å². The quantitative estimate of drug-likeness (QED) is 0.877. The molecule has 1 unspecified atom stereocenters. The van der Waals surface area contributed by atoms with Crippen LogP contribution in [0, 0.1) is 0 Å². The summed E-state index contributed by atoms with van der Waals surface area (Å²) in [6.45, 7) is 0.658. The molecule has 0 fully saturated rings. The minimum absolute atomic E-state index is 0.0205. The molecule has 2 rings (SSSR count). The van der Waals surface area contributed by atoms with Crippen molar-refractivity contribution >= 4 is 5.91 Å². The predicted molar refractivity (Wildman–Crippen MR) is 83.7 cm³/mol. The second-order valence-corrected chi connectivity index (χ2v) is 5.16. The summed E-state index contributed by atoms with van der Waals surface area (Å²) in [7, 11) is 1.80. The number of likely N-dealkylation sites (N-methyl/N-ethyl adjacent to an activating group) is 1. The number of aromatic nitrogens is 1. The third-order valence-corrected chi connectivity index (χ3v) is 3.48. The Hall–Kier alpha value is -2.20. The average Bonchev–Trinajstić information content (AvgIpc) is 2.53. The molecule has 0 aliphatic heterocycles. The first kappa shape index (κ1) is 15.2. The lowest BCUT2D eigenvalue weighted by Crippen LogP contribution is -2.43. The summed E-state index contributed by atoms with van der Waals surface area (Å²) in [5.41, 5.74) is 8.27. The number of carbonyl (C=O) groups excluding carboxylic acids is 1. The van der Waals surface area contributed by atoms with Crippen LogP contribution in [0.25, 0.3) is 0 Å². The van der Waals surface area contributed by atoms with Crippen molar-refractivity contribution in [2.75, 3.05) is 13.6 Å². The van der Waals surface area contributed by atoms with Gasteiger partial charge in [-0.1, -0.05) is 30.3 Å². The molecule has 21 heavy (non-hydrogen) atoms. The zero-order valence-corrected chi connectivity index (χ0v) is 12.3. The van der Waals surface area contributed by atoms with Gasteiger partial charge < -0.3 is 10.6 Å². The van der Waals surface area contributed by atoms with E-state index in [0.717, 1.165) is 12.0 Å². The van der Waals surface area contributed by atoms with E-state index in [2.05, 4.69) is 4.98 Å². The largest absolute Gasteiger partial charge is 0.344 e. The van der Waals surface area contributed by atoms with Gasteiger partial charge in [0, 0.05) is 26.0 Å². The molecule has 1 amide bonds. The van der Waals surface area contributed by atoms with E-state index >= 15 is 0 Å². The van der Waals surface area contributed by atoms with Gasteiger partial charge in [0.05, 0.1) is 6.04 Å². The van der Waals surface area contributed by atoms with Crippen LogP contribution >= 0.6 is 0 Å². The maximum atomic E-state index is 12.3. The Balaban J connectivity index is 1.84. The van der Waals surface area contributed by atoms with Crippen LogP contribution in [0.5, 0.6) is 0 Å². The average molecular weight is 283 g/mol. The minimum Gasteiger partial charge on any atom is -0.344 e. The van der Waals surface area contributed by atoms with Crippen LogP contribution in [0.15, 0.2) is 54.9 Å². The van der Waals surface area contributed by atoms with Gasteiger partial charge in [-0.15, -0.1) is 0 Å². The molecular formula is C17H21N3O. The summed E-state index contributed by atoms with van der Waals surface area (Å²) in [6, 6.07) is 13.3. The van der Waals surface area contributed by atoms with Gasteiger partial charge in [0.25, 0.3) is 0 Å². The van der Waals surface area contributed by atoms with E-state index in [1.807, 2.05) is 42.5 Å². The van der Waals surface area contributed by atoms with Crippen molar-refractivity contribution in [3.63, 3.8) is 0 Å². The highest BCUT2D eigenvalue weighted by Crippen LogP contribution is 2.05. The monoisotopic (exact) mass is 283 g/mol. The molecule has 0 spiro atoms. The smallest absolute Gasteiger partial charge is 0.239 e. The number of carbonyl (C=O) groups is 1. The first-order valence-corrected chi connectivity index (χ1v) is 7.10. The Morgan fingerprint density at radius 2 is 1.81 bits per heavy atom. The number of hydrogen-bond donors (Lipinski definition) is 1. The van der Waals surface area contributed by atoms with Crippen molar-refractivity contribution < 1.29 is 4.79 Å². The van der Waals surface area contributed by atoms with Crippen molar-refractivity contribution in [2.24, 2.45) is 5.73 Å². The van der Waals surface area contributed by atoms with Gasteiger partial charge in [-0.3, -0.25) is 9.78 Å². The summed E-state index contributed by atoms with van der Waals surface area (Å²) in [6.07, 6.45) is 4.90. The Labute approximate surface area is 125 Å². The van der Waals surface area contributed by atoms with Gasteiger partial charge in [-0.2, -0.15) is 0 Å². The number of benzene rings is 1. The number of nitrogens with two attached hydrogens (primary N) is 1. The highest BCUT2D eigenvalue weighted by atomic mass is 16.2. The third-order valence-electron chi connectivity index (χ3n) is 3.48. The maximum absolute atomic E-state index is 12.3. The van der Waals surface area contributed by atoms with Gasteiger partial charge in [0.1, 0.15) is 0 Å². The molecule has 0 aliphatic rings. The number of amides is 1. The zero-order valence-electron chi connectivity index (χ0n) is 12.3. The number of pyridine rings is 1. The Bertz CT molecular complexity index is 557. The molecule has 110 valence electrons. The molecule has 4 nitrogen and oxygen atoms in total. The van der Waals surface area contributed by atoms with Crippen LogP contribution in [-0.2, 0) is 17.6 Å². The van der Waals surface area contributed by atoms with Crippen molar-refractivity contribution in [1.82, 2.24) is 9.88 Å². The van der Waals surface area contributed by atoms with Crippen molar-refractivity contribution in [1.29, 1.82) is 0 Å². The molecular weight excluding hydrogens is 262 g/mol. The fourth-order valence-electron chi connectivity index (χ4n) is 2.19. The predicted octanol–water partition coefficient (Wildman–Crippen LogP) is 1.65. The van der Waals surface area contributed by atoms with Crippen molar-refractivity contribution in [2.45, 2.75) is 18.9 Å². The minimum atomic E-state index is -0.491. The van der Waals surface area contributed by atoms with Crippen LogP contribution in [0.4, 0.5) is 0 Å². The fraction of sp³-hybridized carbons (Fsp3) is 0.294. The number of rotatable bonds is 6. The van der Waals surface area contributed by atoms with Gasteiger partial charge >= 0.3 is 0 Å². The van der Waals surface area contributed by atoms with Gasteiger partial charge in [-0.25, -0.2) is 0 Å². The fourth-order valence-corrected chi connectivity index (χ4v) is 2.19. The normalized spacial score (nSPS) is 11.9. The van der Waals surface area contributed by atoms with Gasteiger partial charge in [0.15, 0.2) is 0 Å². The molecule has 0 saturated carbocycles. The van der Waals surface area contributed by atoms with Crippen LogP contribution in [0.3, 0.4) is 0 Å². The summed E-state index contributed by atoms with van der Waals surface area (Å²) in [4.78, 5) is 17.9. The molecule has 1 atom stereocenters. The summed E-state index contributed by atoms with van der Waals surface area (Å²) in [5, 5.41) is 0. The Morgan fingerprint density at radius 1 is 1.14 bits per heavy atom. The molecule has 0 bridgehead atoms. The topological polar surface area (TPSA) is 59.2 Å². The van der Waals surface area contributed by atoms with Gasteiger partial charge in [-0.05, 0) is 36.1 Å². The highest BCUT2D eigenvalue weighted by molar-refractivity contribution is 5.81. The SMILES string of the molecule is CN(CCc1ccncc1)C(=O)C(N)Cc1ccccc1. The molecule has 2 N–H and O–H groups in total. The molecule has 4 heteroatoms. The number of hydrogen-bond acceptors (Lipinski definition) is 3. The molecule has 0 radical (unpaired) electrons.